The smallest absolute Gasteiger partial charge is 0.342 e. The highest BCUT2D eigenvalue weighted by molar-refractivity contribution is 6.04. The Balaban J connectivity index is 1.84. The number of aliphatic hydroxyl groups excluding tert-OH is 1. The first-order valence-corrected chi connectivity index (χ1v) is 10.7. The number of aromatic nitrogens is 4. The molecule has 2 aliphatic heterocycles. The molecule has 0 atom stereocenters. The quantitative estimate of drug-likeness (QED) is 0.331. The summed E-state index contributed by atoms with van der Waals surface area (Å²) in [6.07, 6.45) is 7.50. The Kier molecular flexibility index (Phi) is 4.98. The van der Waals surface area contributed by atoms with Gasteiger partial charge in [0.15, 0.2) is 0 Å². The zero-order chi connectivity index (χ0) is 23.2. The summed E-state index contributed by atoms with van der Waals surface area (Å²) in [5.74, 6) is -0.421. The Hall–Kier alpha value is -3.97. The molecule has 33 heavy (non-hydrogen) atoms. The fourth-order valence-corrected chi connectivity index (χ4v) is 3.84. The second kappa shape index (κ2) is 7.86. The highest BCUT2D eigenvalue weighted by atomic mass is 16.6. The van der Waals surface area contributed by atoms with Gasteiger partial charge < -0.3 is 19.8 Å². The van der Waals surface area contributed by atoms with Crippen molar-refractivity contribution in [3.8, 4) is 0 Å². The number of aliphatic hydroxyl groups is 1. The lowest BCUT2D eigenvalue weighted by atomic mass is 10.1. The number of fused-ring (bicyclic) bond motifs is 8. The Morgan fingerprint density at radius 2 is 1.39 bits per heavy atom. The SMILES string of the molecule is CC(C)(C)OC(=O)c1c2ccc(cc3nc(c(CO)c4nc(cc5ccc1[nH]5)C=C4)C=C3)[nH]2. The molecule has 0 aromatic carbocycles. The van der Waals surface area contributed by atoms with Crippen LogP contribution in [-0.4, -0.2) is 36.6 Å². The lowest BCUT2D eigenvalue weighted by Gasteiger charge is -2.19. The molecule has 0 spiro atoms. The molecule has 7 nitrogen and oxygen atoms in total. The maximum absolute atomic E-state index is 13.2. The average Bonchev–Trinajstić information content (AvgIpc) is 3.52. The average molecular weight is 441 g/mol. The Bertz CT molecular complexity index is 1390. The van der Waals surface area contributed by atoms with E-state index in [4.69, 9.17) is 4.74 Å². The molecule has 0 aliphatic carbocycles. The molecule has 3 aromatic rings. The predicted molar refractivity (Wildman–Crippen MR) is 130 cm³/mol. The van der Waals surface area contributed by atoms with Crippen LogP contribution in [-0.2, 0) is 11.3 Å². The van der Waals surface area contributed by atoms with E-state index < -0.39 is 11.6 Å². The summed E-state index contributed by atoms with van der Waals surface area (Å²) in [4.78, 5) is 29.1. The van der Waals surface area contributed by atoms with Crippen molar-refractivity contribution in [3.63, 3.8) is 0 Å². The normalized spacial score (nSPS) is 12.8. The van der Waals surface area contributed by atoms with E-state index in [-0.39, 0.29) is 6.61 Å². The van der Waals surface area contributed by atoms with Crippen LogP contribution in [0.1, 0.15) is 59.5 Å². The standard InChI is InChI=1S/C26H24N4O3/c1-26(2,3)33-25(32)24-22-10-6-17(29-22)12-15-4-8-20(27-15)19(14-31)21-9-5-16(28-21)13-18-7-11-23(24)30-18/h4-13,29-31H,14H2,1-3H3. The van der Waals surface area contributed by atoms with Crippen molar-refractivity contribution in [1.29, 1.82) is 0 Å². The third-order valence-corrected chi connectivity index (χ3v) is 5.27. The van der Waals surface area contributed by atoms with Gasteiger partial charge in [-0.05, 0) is 81.5 Å². The van der Waals surface area contributed by atoms with Crippen LogP contribution >= 0.6 is 0 Å². The number of nitrogens with one attached hydrogen (secondary N) is 2. The molecule has 166 valence electrons. The molecule has 2 aliphatic rings. The van der Waals surface area contributed by atoms with Gasteiger partial charge in [0.2, 0.25) is 0 Å². The minimum Gasteiger partial charge on any atom is -0.456 e. The van der Waals surface area contributed by atoms with Gasteiger partial charge in [-0.2, -0.15) is 0 Å². The lowest BCUT2D eigenvalue weighted by Crippen LogP contribution is -2.24. The molecular weight excluding hydrogens is 416 g/mol. The van der Waals surface area contributed by atoms with Gasteiger partial charge in [-0.3, -0.25) is 0 Å². The molecule has 0 saturated carbocycles. The Morgan fingerprint density at radius 3 is 1.85 bits per heavy atom. The van der Waals surface area contributed by atoms with Crippen LogP contribution in [0.2, 0.25) is 0 Å². The van der Waals surface area contributed by atoms with Crippen molar-refractivity contribution in [2.24, 2.45) is 0 Å². The summed E-state index contributed by atoms with van der Waals surface area (Å²) in [6, 6.07) is 11.3. The number of rotatable bonds is 2. The topological polar surface area (TPSA) is 104 Å². The number of carbonyl (C=O) groups excluding carboxylic acids is 1. The van der Waals surface area contributed by atoms with E-state index in [9.17, 15) is 9.90 Å². The van der Waals surface area contributed by atoms with E-state index in [1.165, 1.54) is 0 Å². The summed E-state index contributed by atoms with van der Waals surface area (Å²) in [5, 5.41) is 9.97. The van der Waals surface area contributed by atoms with Gasteiger partial charge in [-0.25, -0.2) is 14.8 Å². The third-order valence-electron chi connectivity index (χ3n) is 5.27. The maximum Gasteiger partial charge on any atom is 0.342 e. The van der Waals surface area contributed by atoms with Crippen molar-refractivity contribution in [3.05, 3.63) is 70.3 Å². The van der Waals surface area contributed by atoms with Gasteiger partial charge in [-0.15, -0.1) is 0 Å². The van der Waals surface area contributed by atoms with Crippen LogP contribution in [0.15, 0.2) is 36.4 Å². The largest absolute Gasteiger partial charge is 0.456 e. The molecule has 8 bridgehead atoms. The van der Waals surface area contributed by atoms with E-state index in [1.54, 1.807) is 0 Å². The zero-order valence-corrected chi connectivity index (χ0v) is 18.6. The molecule has 3 aromatic heterocycles. The van der Waals surface area contributed by atoms with E-state index >= 15 is 0 Å². The van der Waals surface area contributed by atoms with Crippen molar-refractivity contribution >= 4 is 52.3 Å². The third kappa shape index (κ3) is 4.23. The first-order valence-electron chi connectivity index (χ1n) is 10.7. The van der Waals surface area contributed by atoms with Gasteiger partial charge in [0.1, 0.15) is 11.2 Å². The molecule has 0 saturated heterocycles. The molecule has 0 amide bonds. The van der Waals surface area contributed by atoms with Crippen LogP contribution < -0.4 is 0 Å². The lowest BCUT2D eigenvalue weighted by molar-refractivity contribution is 0.00736. The number of hydrogen-bond acceptors (Lipinski definition) is 5. The van der Waals surface area contributed by atoms with Gasteiger partial charge in [0.05, 0.1) is 40.4 Å². The number of esters is 1. The number of ether oxygens (including phenoxy) is 1. The second-order valence-electron chi connectivity index (χ2n) is 8.97. The van der Waals surface area contributed by atoms with E-state index in [0.717, 1.165) is 22.4 Å². The van der Waals surface area contributed by atoms with E-state index in [1.807, 2.05) is 81.5 Å². The minimum atomic E-state index is -0.630. The van der Waals surface area contributed by atoms with Gasteiger partial charge in [0, 0.05) is 16.6 Å². The van der Waals surface area contributed by atoms with Crippen LogP contribution in [0.3, 0.4) is 0 Å². The number of hydrogen-bond donors (Lipinski definition) is 3. The van der Waals surface area contributed by atoms with Crippen LogP contribution in [0.4, 0.5) is 0 Å². The number of nitrogens with zero attached hydrogens (tertiary/aromatic N) is 2. The highest BCUT2D eigenvalue weighted by Gasteiger charge is 2.21. The fraction of sp³-hybridized carbons (Fsp3) is 0.192. The molecule has 7 heteroatoms. The monoisotopic (exact) mass is 440 g/mol. The van der Waals surface area contributed by atoms with Crippen LogP contribution in [0.5, 0.6) is 0 Å². The van der Waals surface area contributed by atoms with Crippen molar-refractivity contribution in [1.82, 2.24) is 19.9 Å². The van der Waals surface area contributed by atoms with Crippen molar-refractivity contribution < 1.29 is 14.6 Å². The molecule has 0 unspecified atom stereocenters. The molecule has 0 radical (unpaired) electrons. The first-order chi connectivity index (χ1) is 15.8. The zero-order valence-electron chi connectivity index (χ0n) is 18.6. The molecule has 3 N–H and O–H groups in total. The summed E-state index contributed by atoms with van der Waals surface area (Å²) >= 11 is 0. The Morgan fingerprint density at radius 1 is 0.879 bits per heavy atom. The molecular formula is C26H24N4O3. The van der Waals surface area contributed by atoms with Crippen LogP contribution in [0, 0.1) is 0 Å². The minimum absolute atomic E-state index is 0.166. The first kappa shape index (κ1) is 20.9. The van der Waals surface area contributed by atoms with E-state index in [2.05, 4.69) is 19.9 Å². The molecule has 0 fully saturated rings. The van der Waals surface area contributed by atoms with Crippen molar-refractivity contribution in [2.45, 2.75) is 33.0 Å². The summed E-state index contributed by atoms with van der Waals surface area (Å²) < 4.78 is 5.70. The number of aromatic amines is 2. The van der Waals surface area contributed by atoms with Crippen LogP contribution in [0.25, 0.3) is 46.4 Å². The van der Waals surface area contributed by atoms with Gasteiger partial charge in [-0.1, -0.05) is 0 Å². The van der Waals surface area contributed by atoms with Gasteiger partial charge >= 0.3 is 5.97 Å². The molecule has 5 heterocycles. The van der Waals surface area contributed by atoms with Gasteiger partial charge in [0.25, 0.3) is 0 Å². The molecule has 5 rings (SSSR count). The summed E-state index contributed by atoms with van der Waals surface area (Å²) in [7, 11) is 0. The maximum atomic E-state index is 13.2. The fourth-order valence-electron chi connectivity index (χ4n) is 3.84. The predicted octanol–water partition coefficient (Wildman–Crippen LogP) is 5.10. The van der Waals surface area contributed by atoms with E-state index in [0.29, 0.717) is 33.5 Å². The number of carbonyl (C=O) groups is 1. The second-order valence-corrected chi connectivity index (χ2v) is 8.97. The van der Waals surface area contributed by atoms with Crippen molar-refractivity contribution in [2.75, 3.05) is 0 Å². The Labute approximate surface area is 190 Å². The highest BCUT2D eigenvalue weighted by Crippen LogP contribution is 2.24. The number of H-pyrrole nitrogens is 2. The summed E-state index contributed by atoms with van der Waals surface area (Å²) in [6.45, 7) is 5.37. The summed E-state index contributed by atoms with van der Waals surface area (Å²) in [5.41, 5.74) is 6.13.